The first-order chi connectivity index (χ1) is 12.5. The van der Waals surface area contributed by atoms with Gasteiger partial charge in [-0.2, -0.15) is 0 Å². The van der Waals surface area contributed by atoms with Gasteiger partial charge in [0.2, 0.25) is 5.91 Å². The average Bonchev–Trinajstić information content (AvgIpc) is 3.18. The number of amides is 1. The molecular formula is C20H24N2O3S. The molecular weight excluding hydrogens is 348 g/mol. The number of fused-ring (bicyclic) bond motifs is 1. The summed E-state index contributed by atoms with van der Waals surface area (Å²) in [5, 5.41) is 3.59. The number of carbonyl (C=O) groups is 2. The standard InChI is InChI=1S/C20H24N2O3S/c1-4-25-20(24)19-13(2)11-18(26-19)21-17(23)12-22(3)16-10-9-14-7-5-6-8-15(14)16/h5-8,11,16H,4,9-10,12H2,1-3H3,(H,21,23). The quantitative estimate of drug-likeness (QED) is 0.784. The largest absolute Gasteiger partial charge is 0.462 e. The van der Waals surface area contributed by atoms with Gasteiger partial charge in [-0.3, -0.25) is 9.69 Å². The van der Waals surface area contributed by atoms with Crippen molar-refractivity contribution in [3.63, 3.8) is 0 Å². The maximum atomic E-state index is 12.4. The highest BCUT2D eigenvalue weighted by Crippen LogP contribution is 2.34. The van der Waals surface area contributed by atoms with Gasteiger partial charge < -0.3 is 10.1 Å². The molecule has 0 saturated carbocycles. The van der Waals surface area contributed by atoms with Crippen LogP contribution < -0.4 is 5.32 Å². The zero-order chi connectivity index (χ0) is 18.7. The number of esters is 1. The molecule has 1 aromatic carbocycles. The first kappa shape index (κ1) is 18.6. The molecule has 138 valence electrons. The van der Waals surface area contributed by atoms with E-state index in [2.05, 4.69) is 34.5 Å². The van der Waals surface area contributed by atoms with E-state index in [0.717, 1.165) is 18.4 Å². The van der Waals surface area contributed by atoms with Gasteiger partial charge in [-0.05, 0) is 56.5 Å². The van der Waals surface area contributed by atoms with E-state index in [-0.39, 0.29) is 17.9 Å². The third-order valence-corrected chi connectivity index (χ3v) is 5.80. The molecule has 26 heavy (non-hydrogen) atoms. The topological polar surface area (TPSA) is 58.6 Å². The van der Waals surface area contributed by atoms with Gasteiger partial charge in [-0.25, -0.2) is 4.79 Å². The van der Waals surface area contributed by atoms with E-state index < -0.39 is 0 Å². The monoisotopic (exact) mass is 372 g/mol. The molecule has 1 aliphatic rings. The Balaban J connectivity index is 1.61. The fourth-order valence-electron chi connectivity index (χ4n) is 3.45. The Hall–Kier alpha value is -2.18. The van der Waals surface area contributed by atoms with Gasteiger partial charge in [0.25, 0.3) is 0 Å². The molecule has 0 fully saturated rings. The number of benzene rings is 1. The number of anilines is 1. The highest BCUT2D eigenvalue weighted by atomic mass is 32.1. The van der Waals surface area contributed by atoms with Crippen molar-refractivity contribution in [1.82, 2.24) is 4.90 Å². The molecule has 1 aromatic heterocycles. The summed E-state index contributed by atoms with van der Waals surface area (Å²) in [7, 11) is 1.98. The first-order valence-corrected chi connectivity index (χ1v) is 9.66. The zero-order valence-corrected chi connectivity index (χ0v) is 16.2. The van der Waals surface area contributed by atoms with E-state index in [0.29, 0.717) is 23.0 Å². The van der Waals surface area contributed by atoms with Crippen molar-refractivity contribution in [3.8, 4) is 0 Å². The maximum Gasteiger partial charge on any atom is 0.348 e. The molecule has 1 atom stereocenters. The Bertz CT molecular complexity index is 815. The lowest BCUT2D eigenvalue weighted by Gasteiger charge is -2.24. The van der Waals surface area contributed by atoms with Crippen molar-refractivity contribution < 1.29 is 14.3 Å². The third-order valence-electron chi connectivity index (χ3n) is 4.67. The number of hydrogen-bond acceptors (Lipinski definition) is 5. The minimum Gasteiger partial charge on any atom is -0.462 e. The number of likely N-dealkylation sites (N-methyl/N-ethyl adjacent to an activating group) is 1. The SMILES string of the molecule is CCOC(=O)c1sc(NC(=O)CN(C)C2CCc3ccccc32)cc1C. The predicted octanol–water partition coefficient (Wildman–Crippen LogP) is 3.79. The lowest BCUT2D eigenvalue weighted by atomic mass is 10.1. The number of carbonyl (C=O) groups excluding carboxylic acids is 2. The smallest absolute Gasteiger partial charge is 0.348 e. The highest BCUT2D eigenvalue weighted by Gasteiger charge is 2.26. The molecule has 1 aliphatic carbocycles. The fraction of sp³-hybridized carbons (Fsp3) is 0.400. The molecule has 1 N–H and O–H groups in total. The molecule has 1 amide bonds. The predicted molar refractivity (Wildman–Crippen MR) is 104 cm³/mol. The molecule has 0 radical (unpaired) electrons. The third kappa shape index (κ3) is 3.97. The van der Waals surface area contributed by atoms with Crippen LogP contribution in [0.1, 0.15) is 45.7 Å². The Morgan fingerprint density at radius 3 is 2.88 bits per heavy atom. The second-order valence-electron chi connectivity index (χ2n) is 6.56. The normalized spacial score (nSPS) is 15.8. The molecule has 3 rings (SSSR count). The minimum atomic E-state index is -0.338. The Kier molecular flexibility index (Phi) is 5.74. The van der Waals surface area contributed by atoms with Crippen molar-refractivity contribution in [2.75, 3.05) is 25.5 Å². The zero-order valence-electron chi connectivity index (χ0n) is 15.4. The summed E-state index contributed by atoms with van der Waals surface area (Å²) in [6.45, 7) is 4.27. The van der Waals surface area contributed by atoms with E-state index in [1.54, 1.807) is 6.92 Å². The second kappa shape index (κ2) is 8.01. The number of ether oxygens (including phenoxy) is 1. The molecule has 0 bridgehead atoms. The Labute approximate surface area is 158 Å². The second-order valence-corrected chi connectivity index (χ2v) is 7.61. The number of nitrogens with one attached hydrogen (secondary N) is 1. The number of nitrogens with zero attached hydrogens (tertiary/aromatic N) is 1. The molecule has 0 aliphatic heterocycles. The van der Waals surface area contributed by atoms with Crippen LogP contribution in [-0.2, 0) is 16.0 Å². The number of aryl methyl sites for hydroxylation is 2. The van der Waals surface area contributed by atoms with E-state index in [1.807, 2.05) is 20.0 Å². The molecule has 1 unspecified atom stereocenters. The lowest BCUT2D eigenvalue weighted by Crippen LogP contribution is -2.32. The van der Waals surface area contributed by atoms with E-state index in [9.17, 15) is 9.59 Å². The molecule has 0 saturated heterocycles. The van der Waals surface area contributed by atoms with Gasteiger partial charge in [0.05, 0.1) is 18.2 Å². The number of rotatable bonds is 6. The summed E-state index contributed by atoms with van der Waals surface area (Å²) in [5.74, 6) is -0.413. The molecule has 5 nitrogen and oxygen atoms in total. The molecule has 1 heterocycles. The van der Waals surface area contributed by atoms with Crippen molar-refractivity contribution in [2.24, 2.45) is 0 Å². The lowest BCUT2D eigenvalue weighted by molar-refractivity contribution is -0.117. The summed E-state index contributed by atoms with van der Waals surface area (Å²) in [6.07, 6.45) is 2.09. The summed E-state index contributed by atoms with van der Waals surface area (Å²) in [4.78, 5) is 27.0. The van der Waals surface area contributed by atoms with Crippen LogP contribution in [0, 0.1) is 6.92 Å². The summed E-state index contributed by atoms with van der Waals surface area (Å²) >= 11 is 1.26. The first-order valence-electron chi connectivity index (χ1n) is 8.85. The Morgan fingerprint density at radius 2 is 2.12 bits per heavy atom. The van der Waals surface area contributed by atoms with Gasteiger partial charge in [-0.1, -0.05) is 24.3 Å². The van der Waals surface area contributed by atoms with Crippen LogP contribution >= 0.6 is 11.3 Å². The number of hydrogen-bond donors (Lipinski definition) is 1. The maximum absolute atomic E-state index is 12.4. The Morgan fingerprint density at radius 1 is 1.35 bits per heavy atom. The summed E-state index contributed by atoms with van der Waals surface area (Å²) in [5.41, 5.74) is 3.51. The van der Waals surface area contributed by atoms with Crippen LogP contribution in [0.4, 0.5) is 5.00 Å². The summed E-state index contributed by atoms with van der Waals surface area (Å²) in [6, 6.07) is 10.5. The minimum absolute atomic E-state index is 0.0754. The van der Waals surface area contributed by atoms with Crippen LogP contribution in [0.15, 0.2) is 30.3 Å². The number of thiophene rings is 1. The average molecular weight is 372 g/mol. The van der Waals surface area contributed by atoms with Gasteiger partial charge in [0.15, 0.2) is 0 Å². The highest BCUT2D eigenvalue weighted by molar-refractivity contribution is 7.18. The van der Waals surface area contributed by atoms with Crippen LogP contribution in [0.5, 0.6) is 0 Å². The van der Waals surface area contributed by atoms with Crippen molar-refractivity contribution >= 4 is 28.2 Å². The van der Waals surface area contributed by atoms with Crippen LogP contribution in [0.2, 0.25) is 0 Å². The van der Waals surface area contributed by atoms with Gasteiger partial charge in [-0.15, -0.1) is 11.3 Å². The van der Waals surface area contributed by atoms with E-state index >= 15 is 0 Å². The molecule has 6 heteroatoms. The molecule has 2 aromatic rings. The summed E-state index contributed by atoms with van der Waals surface area (Å²) < 4.78 is 5.04. The van der Waals surface area contributed by atoms with Crippen LogP contribution in [0.3, 0.4) is 0 Å². The van der Waals surface area contributed by atoms with Crippen molar-refractivity contribution in [1.29, 1.82) is 0 Å². The van der Waals surface area contributed by atoms with E-state index in [1.165, 1.54) is 22.5 Å². The van der Waals surface area contributed by atoms with Gasteiger partial charge >= 0.3 is 5.97 Å². The van der Waals surface area contributed by atoms with Crippen molar-refractivity contribution in [2.45, 2.75) is 32.7 Å². The van der Waals surface area contributed by atoms with Crippen LogP contribution in [0.25, 0.3) is 0 Å². The van der Waals surface area contributed by atoms with Crippen molar-refractivity contribution in [3.05, 3.63) is 51.9 Å². The molecule has 0 spiro atoms. The van der Waals surface area contributed by atoms with Gasteiger partial charge in [0.1, 0.15) is 4.88 Å². The van der Waals surface area contributed by atoms with Crippen LogP contribution in [-0.4, -0.2) is 37.0 Å². The van der Waals surface area contributed by atoms with Gasteiger partial charge in [0, 0.05) is 6.04 Å². The van der Waals surface area contributed by atoms with E-state index in [4.69, 9.17) is 4.74 Å². The fourth-order valence-corrected chi connectivity index (χ4v) is 4.43.